The van der Waals surface area contributed by atoms with E-state index in [0.29, 0.717) is 0 Å². The maximum absolute atomic E-state index is 11.1. The quantitative estimate of drug-likeness (QED) is 0.664. The normalized spacial score (nSPS) is 11.0. The molecule has 16 heavy (non-hydrogen) atoms. The number of rotatable bonds is 1. The Morgan fingerprint density at radius 1 is 1.25 bits per heavy atom. The number of hydrogen-bond acceptors (Lipinski definition) is 2. The van der Waals surface area contributed by atoms with Crippen molar-refractivity contribution in [1.29, 1.82) is 0 Å². The smallest absolute Gasteiger partial charge is 0.268 e. The molecule has 4 heteroatoms. The molecule has 4 nitrogen and oxygen atoms in total. The van der Waals surface area contributed by atoms with E-state index in [2.05, 4.69) is 4.98 Å². The summed E-state index contributed by atoms with van der Waals surface area (Å²) in [6.45, 7) is 0. The van der Waals surface area contributed by atoms with Gasteiger partial charge < -0.3 is 10.1 Å². The second-order valence-corrected chi connectivity index (χ2v) is 3.62. The highest BCUT2D eigenvalue weighted by Gasteiger charge is 2.08. The molecule has 0 saturated carbocycles. The number of carbonyl (C=O) groups is 1. The predicted molar refractivity (Wildman–Crippen MR) is 61.2 cm³/mol. The SMILES string of the molecule is NC(=O)c1cn2ccc3ccccc3c2n1. The van der Waals surface area contributed by atoms with Gasteiger partial charge in [-0.2, -0.15) is 0 Å². The van der Waals surface area contributed by atoms with Crippen LogP contribution in [0.2, 0.25) is 0 Å². The molecule has 0 aliphatic rings. The molecule has 2 heterocycles. The first kappa shape index (κ1) is 8.91. The van der Waals surface area contributed by atoms with Crippen molar-refractivity contribution in [2.24, 2.45) is 5.73 Å². The van der Waals surface area contributed by atoms with E-state index in [1.807, 2.05) is 40.9 Å². The van der Waals surface area contributed by atoms with Crippen molar-refractivity contribution in [2.75, 3.05) is 0 Å². The van der Waals surface area contributed by atoms with E-state index < -0.39 is 5.91 Å². The third-order valence-corrected chi connectivity index (χ3v) is 2.60. The second kappa shape index (κ2) is 3.06. The van der Waals surface area contributed by atoms with Crippen molar-refractivity contribution in [2.45, 2.75) is 0 Å². The Morgan fingerprint density at radius 2 is 2.06 bits per heavy atom. The van der Waals surface area contributed by atoms with Crippen molar-refractivity contribution >= 4 is 22.3 Å². The second-order valence-electron chi connectivity index (χ2n) is 3.62. The van der Waals surface area contributed by atoms with Crippen LogP contribution in [0.5, 0.6) is 0 Å². The molecule has 0 aliphatic heterocycles. The number of nitrogens with zero attached hydrogens (tertiary/aromatic N) is 2. The number of aromatic nitrogens is 2. The van der Waals surface area contributed by atoms with Crippen molar-refractivity contribution < 1.29 is 4.79 Å². The highest BCUT2D eigenvalue weighted by atomic mass is 16.1. The first-order valence-corrected chi connectivity index (χ1v) is 4.92. The summed E-state index contributed by atoms with van der Waals surface area (Å²) >= 11 is 0. The molecule has 0 spiro atoms. The number of carbonyl (C=O) groups excluding carboxylic acids is 1. The summed E-state index contributed by atoms with van der Waals surface area (Å²) in [5.74, 6) is -0.507. The zero-order valence-corrected chi connectivity index (χ0v) is 8.42. The first-order valence-electron chi connectivity index (χ1n) is 4.92. The molecule has 3 aromatic rings. The van der Waals surface area contributed by atoms with Gasteiger partial charge in [-0.1, -0.05) is 24.3 Å². The average molecular weight is 211 g/mol. The summed E-state index contributed by atoms with van der Waals surface area (Å²) in [6.07, 6.45) is 3.52. The average Bonchev–Trinajstić information content (AvgIpc) is 2.73. The van der Waals surface area contributed by atoms with Gasteiger partial charge in [0, 0.05) is 17.8 Å². The van der Waals surface area contributed by atoms with E-state index in [1.54, 1.807) is 6.20 Å². The van der Waals surface area contributed by atoms with Gasteiger partial charge in [-0.3, -0.25) is 4.79 Å². The van der Waals surface area contributed by atoms with Gasteiger partial charge in [-0.25, -0.2) is 4.98 Å². The maximum atomic E-state index is 11.1. The summed E-state index contributed by atoms with van der Waals surface area (Å²) in [5, 5.41) is 2.11. The number of nitrogens with two attached hydrogens (primary N) is 1. The summed E-state index contributed by atoms with van der Waals surface area (Å²) < 4.78 is 1.81. The van der Waals surface area contributed by atoms with Gasteiger partial charge in [-0.05, 0) is 11.5 Å². The molecule has 0 atom stereocenters. The van der Waals surface area contributed by atoms with Gasteiger partial charge >= 0.3 is 0 Å². The first-order chi connectivity index (χ1) is 7.75. The van der Waals surface area contributed by atoms with Crippen LogP contribution in [0, 0.1) is 0 Å². The highest BCUT2D eigenvalue weighted by molar-refractivity contribution is 5.97. The molecular formula is C12H9N3O. The zero-order valence-electron chi connectivity index (χ0n) is 8.42. The van der Waals surface area contributed by atoms with E-state index in [1.165, 1.54) is 0 Å². The molecule has 0 fully saturated rings. The molecule has 0 saturated heterocycles. The zero-order chi connectivity index (χ0) is 11.1. The van der Waals surface area contributed by atoms with Gasteiger partial charge in [-0.15, -0.1) is 0 Å². The van der Waals surface area contributed by atoms with Crippen molar-refractivity contribution in [1.82, 2.24) is 9.38 Å². The van der Waals surface area contributed by atoms with Gasteiger partial charge in [0.15, 0.2) is 0 Å². The van der Waals surface area contributed by atoms with E-state index in [9.17, 15) is 4.79 Å². The fraction of sp³-hybridized carbons (Fsp3) is 0. The standard InChI is InChI=1S/C12H9N3O/c13-11(16)10-7-15-6-5-8-3-1-2-4-9(8)12(15)14-10/h1-7H,(H2,13,16). The number of hydrogen-bond donors (Lipinski definition) is 1. The summed E-state index contributed by atoms with van der Waals surface area (Å²) in [6, 6.07) is 9.88. The Morgan fingerprint density at radius 3 is 2.88 bits per heavy atom. The van der Waals surface area contributed by atoms with E-state index >= 15 is 0 Å². The van der Waals surface area contributed by atoms with Crippen LogP contribution < -0.4 is 5.73 Å². The minimum atomic E-state index is -0.507. The lowest BCUT2D eigenvalue weighted by molar-refractivity contribution is 0.0996. The number of imidazole rings is 1. The lowest BCUT2D eigenvalue weighted by Crippen LogP contribution is -2.10. The van der Waals surface area contributed by atoms with Gasteiger partial charge in [0.25, 0.3) is 5.91 Å². The number of pyridine rings is 1. The number of fused-ring (bicyclic) bond motifs is 3. The van der Waals surface area contributed by atoms with E-state index in [0.717, 1.165) is 16.4 Å². The summed E-state index contributed by atoms with van der Waals surface area (Å²) in [7, 11) is 0. The third-order valence-electron chi connectivity index (χ3n) is 2.60. The molecule has 1 aromatic carbocycles. The van der Waals surface area contributed by atoms with Crippen LogP contribution in [0.25, 0.3) is 16.4 Å². The minimum absolute atomic E-state index is 0.288. The fourth-order valence-electron chi connectivity index (χ4n) is 1.83. The van der Waals surface area contributed by atoms with Gasteiger partial charge in [0.05, 0.1) is 0 Å². The molecule has 1 amide bonds. The summed E-state index contributed by atoms with van der Waals surface area (Å²) in [5.41, 5.74) is 6.25. The molecule has 0 aliphatic carbocycles. The molecular weight excluding hydrogens is 202 g/mol. The summed E-state index contributed by atoms with van der Waals surface area (Å²) in [4.78, 5) is 15.3. The molecule has 0 bridgehead atoms. The van der Waals surface area contributed by atoms with Crippen LogP contribution >= 0.6 is 0 Å². The van der Waals surface area contributed by atoms with Crippen LogP contribution in [0.4, 0.5) is 0 Å². The van der Waals surface area contributed by atoms with Crippen LogP contribution in [0.1, 0.15) is 10.5 Å². The van der Waals surface area contributed by atoms with Crippen molar-refractivity contribution in [3.63, 3.8) is 0 Å². The number of benzene rings is 1. The lowest BCUT2D eigenvalue weighted by Gasteiger charge is -1.98. The van der Waals surface area contributed by atoms with Crippen LogP contribution in [-0.4, -0.2) is 15.3 Å². The number of amides is 1. The lowest BCUT2D eigenvalue weighted by atomic mass is 10.2. The minimum Gasteiger partial charge on any atom is -0.364 e. The Balaban J connectivity index is 2.46. The van der Waals surface area contributed by atoms with Gasteiger partial charge in [0.2, 0.25) is 0 Å². The van der Waals surface area contributed by atoms with Crippen molar-refractivity contribution in [3.8, 4) is 0 Å². The molecule has 0 radical (unpaired) electrons. The van der Waals surface area contributed by atoms with Crippen LogP contribution in [0.15, 0.2) is 42.7 Å². The fourth-order valence-corrected chi connectivity index (χ4v) is 1.83. The molecule has 78 valence electrons. The Bertz CT molecular complexity index is 700. The number of primary amides is 1. The van der Waals surface area contributed by atoms with Crippen LogP contribution in [0.3, 0.4) is 0 Å². The molecule has 2 aromatic heterocycles. The highest BCUT2D eigenvalue weighted by Crippen LogP contribution is 2.19. The van der Waals surface area contributed by atoms with Crippen molar-refractivity contribution in [3.05, 3.63) is 48.4 Å². The van der Waals surface area contributed by atoms with E-state index in [4.69, 9.17) is 5.73 Å². The topological polar surface area (TPSA) is 60.4 Å². The van der Waals surface area contributed by atoms with Crippen LogP contribution in [-0.2, 0) is 0 Å². The maximum Gasteiger partial charge on any atom is 0.268 e. The Labute approximate surface area is 91.3 Å². The third kappa shape index (κ3) is 1.16. The predicted octanol–water partition coefficient (Wildman–Crippen LogP) is 1.59. The Hall–Kier alpha value is -2.36. The van der Waals surface area contributed by atoms with E-state index in [-0.39, 0.29) is 5.69 Å². The monoisotopic (exact) mass is 211 g/mol. The molecule has 0 unspecified atom stereocenters. The molecule has 3 rings (SSSR count). The largest absolute Gasteiger partial charge is 0.364 e. The molecule has 2 N–H and O–H groups in total. The Kier molecular flexibility index (Phi) is 1.71. The van der Waals surface area contributed by atoms with Gasteiger partial charge in [0.1, 0.15) is 11.3 Å².